The molecule has 1 atom stereocenters. The highest BCUT2D eigenvalue weighted by Gasteiger charge is 2.26. The van der Waals surface area contributed by atoms with Gasteiger partial charge in [0.05, 0.1) is 19.3 Å². The Labute approximate surface area is 175 Å². The minimum atomic E-state index is -0.0453. The van der Waals surface area contributed by atoms with Crippen molar-refractivity contribution in [1.29, 1.82) is 0 Å². The lowest BCUT2D eigenvalue weighted by atomic mass is 10.1. The molecule has 9 heteroatoms. The van der Waals surface area contributed by atoms with Crippen LogP contribution < -0.4 is 5.32 Å². The maximum atomic E-state index is 12.8. The number of hydrogen-bond donors (Lipinski definition) is 1. The number of guanidine groups is 1. The van der Waals surface area contributed by atoms with Gasteiger partial charge in [-0.3, -0.25) is 9.48 Å². The van der Waals surface area contributed by atoms with E-state index in [-0.39, 0.29) is 18.6 Å². The molecule has 4 rings (SSSR count). The third kappa shape index (κ3) is 4.62. The molecular formula is C20H28N6O2S. The van der Waals surface area contributed by atoms with Crippen molar-refractivity contribution >= 4 is 23.2 Å². The quantitative estimate of drug-likeness (QED) is 0.603. The fourth-order valence-electron chi connectivity index (χ4n) is 3.78. The van der Waals surface area contributed by atoms with Gasteiger partial charge in [-0.25, -0.2) is 4.99 Å². The zero-order chi connectivity index (χ0) is 20.2. The molecule has 0 aliphatic carbocycles. The number of ether oxygens (including phenoxy) is 1. The molecule has 0 aromatic carbocycles. The van der Waals surface area contributed by atoms with Crippen LogP contribution in [-0.2, 0) is 29.5 Å². The van der Waals surface area contributed by atoms with Gasteiger partial charge in [-0.05, 0) is 30.4 Å². The van der Waals surface area contributed by atoms with Crippen molar-refractivity contribution < 1.29 is 9.53 Å². The summed E-state index contributed by atoms with van der Waals surface area (Å²) in [6.07, 6.45) is 4.72. The number of hydrogen-bond acceptors (Lipinski definition) is 5. The zero-order valence-corrected chi connectivity index (χ0v) is 17.8. The first-order valence-electron chi connectivity index (χ1n) is 10.1. The van der Waals surface area contributed by atoms with Gasteiger partial charge in [0.15, 0.2) is 5.96 Å². The lowest BCUT2D eigenvalue weighted by molar-refractivity contribution is -0.130. The van der Waals surface area contributed by atoms with Crippen molar-refractivity contribution in [2.24, 2.45) is 12.0 Å². The summed E-state index contributed by atoms with van der Waals surface area (Å²) in [6.45, 7) is 6.49. The highest BCUT2D eigenvalue weighted by Crippen LogP contribution is 2.24. The van der Waals surface area contributed by atoms with Crippen molar-refractivity contribution in [3.05, 3.63) is 39.8 Å². The van der Waals surface area contributed by atoms with Gasteiger partial charge in [0, 0.05) is 49.9 Å². The second kappa shape index (κ2) is 8.96. The molecule has 0 bridgehead atoms. The topological polar surface area (TPSA) is 75.0 Å². The van der Waals surface area contributed by atoms with Gasteiger partial charge in [-0.1, -0.05) is 0 Å². The van der Waals surface area contributed by atoms with Gasteiger partial charge >= 0.3 is 0 Å². The highest BCUT2D eigenvalue weighted by molar-refractivity contribution is 7.10. The summed E-state index contributed by atoms with van der Waals surface area (Å²) in [5, 5.41) is 9.68. The van der Waals surface area contributed by atoms with Crippen molar-refractivity contribution in [3.8, 4) is 0 Å². The minimum absolute atomic E-state index is 0.0453. The molecule has 2 aliphatic rings. The average Bonchev–Trinajstić information content (AvgIpc) is 3.39. The minimum Gasteiger partial charge on any atom is -0.370 e. The number of aliphatic imine (C=N–C) groups is 1. The molecule has 2 aromatic rings. The molecule has 0 saturated carbocycles. The molecule has 8 nitrogen and oxygen atoms in total. The predicted octanol–water partition coefficient (Wildman–Crippen LogP) is 1.41. The number of amides is 1. The van der Waals surface area contributed by atoms with E-state index in [1.807, 2.05) is 31.3 Å². The van der Waals surface area contributed by atoms with E-state index >= 15 is 0 Å². The molecule has 0 radical (unpaired) electrons. The van der Waals surface area contributed by atoms with Crippen molar-refractivity contribution in [1.82, 2.24) is 24.9 Å². The Morgan fingerprint density at radius 2 is 2.31 bits per heavy atom. The first-order valence-corrected chi connectivity index (χ1v) is 11.0. The number of aromatic nitrogens is 2. The first kappa shape index (κ1) is 19.9. The first-order chi connectivity index (χ1) is 14.1. The third-order valence-corrected chi connectivity index (χ3v) is 6.34. The van der Waals surface area contributed by atoms with Gasteiger partial charge in [0.2, 0.25) is 5.91 Å². The van der Waals surface area contributed by atoms with Gasteiger partial charge in [-0.2, -0.15) is 5.10 Å². The van der Waals surface area contributed by atoms with E-state index in [2.05, 4.69) is 31.8 Å². The SMILES string of the molecule is CCNC(=NCC(=O)N1CCc2sccc2C1)N1CCOC(c2cnn(C)c2)C1. The highest BCUT2D eigenvalue weighted by atomic mass is 32.1. The molecule has 1 N–H and O–H groups in total. The number of thiophene rings is 1. The van der Waals surface area contributed by atoms with E-state index in [4.69, 9.17) is 4.74 Å². The monoisotopic (exact) mass is 416 g/mol. The summed E-state index contributed by atoms with van der Waals surface area (Å²) < 4.78 is 7.72. The summed E-state index contributed by atoms with van der Waals surface area (Å²) in [6, 6.07) is 2.12. The van der Waals surface area contributed by atoms with E-state index in [9.17, 15) is 4.79 Å². The smallest absolute Gasteiger partial charge is 0.244 e. The Kier molecular flexibility index (Phi) is 6.15. The second-order valence-electron chi connectivity index (χ2n) is 7.36. The number of aryl methyl sites for hydroxylation is 1. The predicted molar refractivity (Wildman–Crippen MR) is 113 cm³/mol. The van der Waals surface area contributed by atoms with E-state index in [0.717, 1.165) is 37.6 Å². The van der Waals surface area contributed by atoms with Gasteiger partial charge in [-0.15, -0.1) is 11.3 Å². The Bertz CT molecular complexity index is 876. The second-order valence-corrected chi connectivity index (χ2v) is 8.36. The molecule has 156 valence electrons. The van der Waals surface area contributed by atoms with Crippen molar-refractivity contribution in [2.45, 2.75) is 26.0 Å². The number of nitrogens with zero attached hydrogens (tertiary/aromatic N) is 5. The fraction of sp³-hybridized carbons (Fsp3) is 0.550. The van der Waals surface area contributed by atoms with Gasteiger partial charge in [0.1, 0.15) is 12.6 Å². The van der Waals surface area contributed by atoms with E-state index < -0.39 is 0 Å². The van der Waals surface area contributed by atoms with Crippen LogP contribution in [0.3, 0.4) is 0 Å². The number of morpholine rings is 1. The van der Waals surface area contributed by atoms with Crippen LogP contribution in [0, 0.1) is 0 Å². The average molecular weight is 417 g/mol. The number of nitrogens with one attached hydrogen (secondary N) is 1. The Morgan fingerprint density at radius 1 is 1.41 bits per heavy atom. The lowest BCUT2D eigenvalue weighted by Crippen LogP contribution is -2.48. The van der Waals surface area contributed by atoms with Crippen LogP contribution in [0.5, 0.6) is 0 Å². The van der Waals surface area contributed by atoms with E-state index in [0.29, 0.717) is 19.7 Å². The molecule has 2 aromatic heterocycles. The largest absolute Gasteiger partial charge is 0.370 e. The van der Waals surface area contributed by atoms with Gasteiger partial charge < -0.3 is 19.9 Å². The number of carbonyl (C=O) groups excluding carboxylic acids is 1. The fourth-order valence-corrected chi connectivity index (χ4v) is 4.67. The number of carbonyl (C=O) groups is 1. The molecule has 4 heterocycles. The van der Waals surface area contributed by atoms with Crippen LogP contribution in [0.2, 0.25) is 0 Å². The maximum Gasteiger partial charge on any atom is 0.244 e. The van der Waals surface area contributed by atoms with Gasteiger partial charge in [0.25, 0.3) is 0 Å². The Balaban J connectivity index is 1.40. The number of fused-ring (bicyclic) bond motifs is 1. The Hall–Kier alpha value is -2.39. The van der Waals surface area contributed by atoms with E-state index in [1.165, 1.54) is 10.4 Å². The lowest BCUT2D eigenvalue weighted by Gasteiger charge is -2.35. The molecule has 1 fully saturated rings. The molecule has 1 unspecified atom stereocenters. The number of rotatable bonds is 4. The summed E-state index contributed by atoms with van der Waals surface area (Å²) >= 11 is 1.78. The summed E-state index contributed by atoms with van der Waals surface area (Å²) in [7, 11) is 1.90. The van der Waals surface area contributed by atoms with Crippen LogP contribution in [0.4, 0.5) is 0 Å². The molecule has 1 saturated heterocycles. The molecule has 0 spiro atoms. The van der Waals surface area contributed by atoms with E-state index in [1.54, 1.807) is 16.0 Å². The van der Waals surface area contributed by atoms with Crippen LogP contribution >= 0.6 is 11.3 Å². The van der Waals surface area contributed by atoms with Crippen LogP contribution in [-0.4, -0.2) is 70.8 Å². The van der Waals surface area contributed by atoms with Crippen LogP contribution in [0.1, 0.15) is 29.0 Å². The standard InChI is InChI=1S/C20H28N6O2S/c1-3-21-20(26-7-8-28-17(14-26)16-10-23-24(2)12-16)22-11-19(27)25-6-4-18-15(13-25)5-9-29-18/h5,9-10,12,17H,3-4,6-8,11,13-14H2,1-2H3,(H,21,22). The Morgan fingerprint density at radius 3 is 3.10 bits per heavy atom. The maximum absolute atomic E-state index is 12.8. The summed E-state index contributed by atoms with van der Waals surface area (Å²) in [5.41, 5.74) is 2.34. The normalized spacial score (nSPS) is 19.9. The zero-order valence-electron chi connectivity index (χ0n) is 17.0. The summed E-state index contributed by atoms with van der Waals surface area (Å²) in [4.78, 5) is 22.9. The molecular weight excluding hydrogens is 388 g/mol. The molecule has 29 heavy (non-hydrogen) atoms. The van der Waals surface area contributed by atoms with Crippen molar-refractivity contribution in [2.75, 3.05) is 39.3 Å². The summed E-state index contributed by atoms with van der Waals surface area (Å²) in [5.74, 6) is 0.848. The van der Waals surface area contributed by atoms with Crippen molar-refractivity contribution in [3.63, 3.8) is 0 Å². The molecule has 1 amide bonds. The molecule has 2 aliphatic heterocycles. The van der Waals surface area contributed by atoms with Crippen LogP contribution in [0.25, 0.3) is 0 Å². The third-order valence-electron chi connectivity index (χ3n) is 5.32. The van der Waals surface area contributed by atoms with Crippen LogP contribution in [0.15, 0.2) is 28.8 Å².